The summed E-state index contributed by atoms with van der Waals surface area (Å²) < 4.78 is 0. The summed E-state index contributed by atoms with van der Waals surface area (Å²) in [5, 5.41) is 0. The van der Waals surface area contributed by atoms with E-state index in [1.165, 1.54) is 5.56 Å². The van der Waals surface area contributed by atoms with Gasteiger partial charge < -0.3 is 4.90 Å². The fraction of sp³-hybridized carbons (Fsp3) is 0.500. The molecule has 0 aliphatic carbocycles. The molecule has 1 heterocycles. The van der Waals surface area contributed by atoms with E-state index in [-0.39, 0.29) is 11.8 Å². The van der Waals surface area contributed by atoms with Crippen LogP contribution in [0, 0.1) is 11.8 Å². The van der Waals surface area contributed by atoms with Crippen molar-refractivity contribution in [2.45, 2.75) is 20.3 Å². The van der Waals surface area contributed by atoms with Crippen molar-refractivity contribution in [3.8, 4) is 0 Å². The second-order valence-electron chi connectivity index (χ2n) is 4.94. The van der Waals surface area contributed by atoms with Crippen molar-refractivity contribution in [1.82, 2.24) is 0 Å². The zero-order chi connectivity index (χ0) is 12.4. The Morgan fingerprint density at radius 3 is 2.94 bits per heavy atom. The van der Waals surface area contributed by atoms with Crippen LogP contribution in [0.15, 0.2) is 24.3 Å². The fourth-order valence-electron chi connectivity index (χ4n) is 2.34. The first-order chi connectivity index (χ1) is 8.13. The number of hydrogen-bond acceptors (Lipinski definition) is 1. The molecule has 2 atom stereocenters. The molecular weight excluding hydrogens is 234 g/mol. The minimum atomic E-state index is -0.116. The Labute approximate surface area is 108 Å². The highest BCUT2D eigenvalue weighted by molar-refractivity contribution is 6.19. The lowest BCUT2D eigenvalue weighted by Crippen LogP contribution is -2.42. The number of benzene rings is 1. The zero-order valence-electron chi connectivity index (χ0n) is 10.3. The van der Waals surface area contributed by atoms with Crippen LogP contribution < -0.4 is 4.90 Å². The topological polar surface area (TPSA) is 20.3 Å². The third-order valence-electron chi connectivity index (χ3n) is 3.26. The monoisotopic (exact) mass is 251 g/mol. The summed E-state index contributed by atoms with van der Waals surface area (Å²) in [7, 11) is 0. The highest BCUT2D eigenvalue weighted by Crippen LogP contribution is 2.30. The first-order valence-corrected chi connectivity index (χ1v) is 6.62. The van der Waals surface area contributed by atoms with E-state index in [2.05, 4.69) is 13.0 Å². The van der Waals surface area contributed by atoms with E-state index in [0.29, 0.717) is 11.8 Å². The van der Waals surface area contributed by atoms with E-state index >= 15 is 0 Å². The van der Waals surface area contributed by atoms with Crippen molar-refractivity contribution in [3.05, 3.63) is 29.8 Å². The Hall–Kier alpha value is -1.02. The van der Waals surface area contributed by atoms with E-state index in [9.17, 15) is 4.79 Å². The Balaban J connectivity index is 2.32. The van der Waals surface area contributed by atoms with Crippen LogP contribution >= 0.6 is 11.6 Å². The van der Waals surface area contributed by atoms with Gasteiger partial charge in [0.1, 0.15) is 0 Å². The predicted molar refractivity (Wildman–Crippen MR) is 71.5 cm³/mol. The van der Waals surface area contributed by atoms with Gasteiger partial charge in [-0.25, -0.2) is 0 Å². The molecule has 1 aliphatic heterocycles. The molecule has 1 aromatic carbocycles. The van der Waals surface area contributed by atoms with Gasteiger partial charge in [-0.2, -0.15) is 0 Å². The summed E-state index contributed by atoms with van der Waals surface area (Å²) in [5.74, 6) is 0.914. The van der Waals surface area contributed by atoms with Crippen molar-refractivity contribution in [1.29, 1.82) is 0 Å². The Morgan fingerprint density at radius 1 is 1.53 bits per heavy atom. The Bertz CT molecular complexity index is 418. The van der Waals surface area contributed by atoms with Gasteiger partial charge in [-0.3, -0.25) is 4.79 Å². The standard InChI is InChI=1S/C14H18ClNO/c1-10-7-12-5-3-4-6-13(12)16(9-10)14(17)11(2)8-15/h3-6,10-11H,7-9H2,1-2H3. The molecule has 0 N–H and O–H groups in total. The first kappa shape index (κ1) is 12.4. The Kier molecular flexibility index (Phi) is 3.72. The molecule has 1 aromatic rings. The molecule has 1 amide bonds. The smallest absolute Gasteiger partial charge is 0.231 e. The van der Waals surface area contributed by atoms with E-state index in [1.807, 2.05) is 30.0 Å². The predicted octanol–water partition coefficient (Wildman–Crippen LogP) is 3.09. The molecule has 0 saturated heterocycles. The zero-order valence-corrected chi connectivity index (χ0v) is 11.1. The van der Waals surface area contributed by atoms with Gasteiger partial charge in [0.25, 0.3) is 0 Å². The lowest BCUT2D eigenvalue weighted by atomic mass is 9.93. The van der Waals surface area contributed by atoms with E-state index in [1.54, 1.807) is 0 Å². The summed E-state index contributed by atoms with van der Waals surface area (Å²) in [5.41, 5.74) is 2.33. The lowest BCUT2D eigenvalue weighted by molar-refractivity contribution is -0.121. The molecule has 2 nitrogen and oxygen atoms in total. The molecule has 0 spiro atoms. The number of carbonyl (C=O) groups excluding carboxylic acids is 1. The van der Waals surface area contributed by atoms with Gasteiger partial charge in [-0.1, -0.05) is 32.0 Å². The maximum atomic E-state index is 12.3. The van der Waals surface area contributed by atoms with Gasteiger partial charge in [-0.05, 0) is 24.0 Å². The number of anilines is 1. The average molecular weight is 252 g/mol. The molecule has 3 heteroatoms. The molecule has 0 radical (unpaired) electrons. The van der Waals surface area contributed by atoms with E-state index < -0.39 is 0 Å². The number of fused-ring (bicyclic) bond motifs is 1. The van der Waals surface area contributed by atoms with Crippen LogP contribution in [0.2, 0.25) is 0 Å². The Morgan fingerprint density at radius 2 is 2.24 bits per heavy atom. The molecule has 0 aromatic heterocycles. The second-order valence-corrected chi connectivity index (χ2v) is 5.25. The van der Waals surface area contributed by atoms with Gasteiger partial charge in [-0.15, -0.1) is 11.6 Å². The lowest BCUT2D eigenvalue weighted by Gasteiger charge is -2.34. The van der Waals surface area contributed by atoms with Gasteiger partial charge in [0, 0.05) is 24.0 Å². The average Bonchev–Trinajstić information content (AvgIpc) is 2.35. The molecule has 0 saturated carbocycles. The maximum absolute atomic E-state index is 12.3. The molecular formula is C14H18ClNO. The fourth-order valence-corrected chi connectivity index (χ4v) is 2.47. The normalized spacial score (nSPS) is 20.9. The second kappa shape index (κ2) is 5.09. The number of amides is 1. The van der Waals surface area contributed by atoms with Crippen molar-refractivity contribution in [3.63, 3.8) is 0 Å². The maximum Gasteiger partial charge on any atom is 0.231 e. The minimum absolute atomic E-state index is 0.116. The summed E-state index contributed by atoms with van der Waals surface area (Å²) >= 11 is 5.78. The van der Waals surface area contributed by atoms with Crippen LogP contribution in [0.3, 0.4) is 0 Å². The van der Waals surface area contributed by atoms with Gasteiger partial charge in [0.2, 0.25) is 5.91 Å². The molecule has 0 bridgehead atoms. The molecule has 17 heavy (non-hydrogen) atoms. The summed E-state index contributed by atoms with van der Waals surface area (Å²) in [6.07, 6.45) is 1.05. The largest absolute Gasteiger partial charge is 0.312 e. The number of carbonyl (C=O) groups is 1. The number of alkyl halides is 1. The third kappa shape index (κ3) is 2.47. The summed E-state index contributed by atoms with van der Waals surface area (Å²) in [6.45, 7) is 4.87. The SMILES string of the molecule is CC1Cc2ccccc2N(C(=O)C(C)CCl)C1. The van der Waals surface area contributed by atoms with Crippen LogP contribution in [-0.4, -0.2) is 18.3 Å². The van der Waals surface area contributed by atoms with E-state index in [0.717, 1.165) is 18.7 Å². The number of halogens is 1. The summed E-state index contributed by atoms with van der Waals surface area (Å²) in [6, 6.07) is 8.15. The number of nitrogens with zero attached hydrogens (tertiary/aromatic N) is 1. The van der Waals surface area contributed by atoms with Crippen molar-refractivity contribution in [2.24, 2.45) is 11.8 Å². The highest BCUT2D eigenvalue weighted by atomic mass is 35.5. The molecule has 92 valence electrons. The summed E-state index contributed by atoms with van der Waals surface area (Å²) in [4.78, 5) is 14.2. The van der Waals surface area contributed by atoms with Gasteiger partial charge >= 0.3 is 0 Å². The van der Waals surface area contributed by atoms with Crippen LogP contribution in [0.5, 0.6) is 0 Å². The first-order valence-electron chi connectivity index (χ1n) is 6.08. The third-order valence-corrected chi connectivity index (χ3v) is 3.73. The molecule has 2 rings (SSSR count). The van der Waals surface area contributed by atoms with Crippen LogP contribution in [0.25, 0.3) is 0 Å². The molecule has 1 aliphatic rings. The quantitative estimate of drug-likeness (QED) is 0.740. The van der Waals surface area contributed by atoms with Crippen molar-refractivity contribution < 1.29 is 4.79 Å². The van der Waals surface area contributed by atoms with Crippen LogP contribution in [0.4, 0.5) is 5.69 Å². The van der Waals surface area contributed by atoms with Crippen molar-refractivity contribution in [2.75, 3.05) is 17.3 Å². The number of hydrogen-bond donors (Lipinski definition) is 0. The van der Waals surface area contributed by atoms with E-state index in [4.69, 9.17) is 11.6 Å². The minimum Gasteiger partial charge on any atom is -0.312 e. The number of rotatable bonds is 2. The molecule has 2 unspecified atom stereocenters. The van der Waals surface area contributed by atoms with Crippen LogP contribution in [-0.2, 0) is 11.2 Å². The highest BCUT2D eigenvalue weighted by Gasteiger charge is 2.28. The van der Waals surface area contributed by atoms with Gasteiger partial charge in [0.15, 0.2) is 0 Å². The molecule has 0 fully saturated rings. The number of para-hydroxylation sites is 1. The van der Waals surface area contributed by atoms with Crippen molar-refractivity contribution >= 4 is 23.2 Å². The van der Waals surface area contributed by atoms with Crippen LogP contribution in [0.1, 0.15) is 19.4 Å². The van der Waals surface area contributed by atoms with Gasteiger partial charge in [0.05, 0.1) is 0 Å².